The lowest BCUT2D eigenvalue weighted by molar-refractivity contribution is 1.28. The summed E-state index contributed by atoms with van der Waals surface area (Å²) in [5.41, 5.74) is 2.78. The average Bonchev–Trinajstić information content (AvgIpc) is 2.68. The summed E-state index contributed by atoms with van der Waals surface area (Å²) in [5, 5.41) is 27.4. The van der Waals surface area contributed by atoms with Gasteiger partial charge >= 0.3 is 0 Å². The summed E-state index contributed by atoms with van der Waals surface area (Å²) in [5.74, 6) is 0. The first-order chi connectivity index (χ1) is 12.2. The number of aromatic nitrogens is 3. The molecule has 116 valence electrons. The Bertz CT molecular complexity index is 921. The molecule has 3 rings (SSSR count). The molecule has 0 fully saturated rings. The second kappa shape index (κ2) is 7.28. The van der Waals surface area contributed by atoms with Crippen molar-refractivity contribution in [3.63, 3.8) is 0 Å². The largest absolute Gasteiger partial charge is 0.237 e. The van der Waals surface area contributed by atoms with Crippen LogP contribution in [0.25, 0.3) is 0 Å². The number of rotatable bonds is 3. The number of pyridine rings is 3. The van der Waals surface area contributed by atoms with Gasteiger partial charge in [0.25, 0.3) is 0 Å². The summed E-state index contributed by atoms with van der Waals surface area (Å²) in [4.78, 5) is 13.1. The lowest BCUT2D eigenvalue weighted by Crippen LogP contribution is -2.27. The molecule has 0 aliphatic rings. The maximum absolute atomic E-state index is 9.13. The van der Waals surface area contributed by atoms with Crippen LogP contribution in [0.1, 0.15) is 17.1 Å². The van der Waals surface area contributed by atoms with Crippen LogP contribution in [0.3, 0.4) is 0 Å². The minimum atomic E-state index is -1.30. The van der Waals surface area contributed by atoms with E-state index in [4.69, 9.17) is 15.8 Å². The fourth-order valence-corrected chi connectivity index (χ4v) is 4.22. The third kappa shape index (κ3) is 3.48. The van der Waals surface area contributed by atoms with Crippen LogP contribution >= 0.6 is 7.92 Å². The summed E-state index contributed by atoms with van der Waals surface area (Å²) in [6.07, 6.45) is 0. The monoisotopic (exact) mass is 340 g/mol. The zero-order valence-electron chi connectivity index (χ0n) is 12.8. The maximum Gasteiger partial charge on any atom is 0.141 e. The molecule has 3 heterocycles. The molecule has 3 aromatic heterocycles. The van der Waals surface area contributed by atoms with E-state index in [1.807, 2.05) is 18.2 Å². The summed E-state index contributed by atoms with van der Waals surface area (Å²) < 4.78 is 0. The van der Waals surface area contributed by atoms with Crippen LogP contribution in [-0.4, -0.2) is 15.0 Å². The van der Waals surface area contributed by atoms with Crippen molar-refractivity contribution in [1.29, 1.82) is 15.8 Å². The van der Waals surface area contributed by atoms with Gasteiger partial charge in [-0.3, -0.25) is 0 Å². The Morgan fingerprint density at radius 1 is 0.560 bits per heavy atom. The highest BCUT2D eigenvalue weighted by atomic mass is 31.1. The average molecular weight is 340 g/mol. The van der Waals surface area contributed by atoms with Crippen LogP contribution in [-0.2, 0) is 0 Å². The Hall–Kier alpha value is -3.65. The van der Waals surface area contributed by atoms with Crippen LogP contribution in [0, 0.1) is 34.0 Å². The first kappa shape index (κ1) is 16.2. The van der Waals surface area contributed by atoms with Gasteiger partial charge in [-0.2, -0.15) is 15.8 Å². The van der Waals surface area contributed by atoms with Crippen molar-refractivity contribution in [3.8, 4) is 18.2 Å². The molecule has 0 saturated carbocycles. The molecule has 0 N–H and O–H groups in total. The van der Waals surface area contributed by atoms with Crippen molar-refractivity contribution in [3.05, 3.63) is 71.7 Å². The molecule has 0 bridgehead atoms. The van der Waals surface area contributed by atoms with E-state index >= 15 is 0 Å². The predicted molar refractivity (Wildman–Crippen MR) is 92.7 cm³/mol. The van der Waals surface area contributed by atoms with Crippen LogP contribution in [0.15, 0.2) is 54.6 Å². The molecule has 0 radical (unpaired) electrons. The van der Waals surface area contributed by atoms with E-state index in [9.17, 15) is 0 Å². The van der Waals surface area contributed by atoms with Gasteiger partial charge in [-0.15, -0.1) is 0 Å². The van der Waals surface area contributed by atoms with Gasteiger partial charge in [0.05, 0.1) is 16.3 Å². The molecule has 0 saturated heterocycles. The lowest BCUT2D eigenvalue weighted by Gasteiger charge is -2.16. The van der Waals surface area contributed by atoms with Gasteiger partial charge in [0.1, 0.15) is 35.3 Å². The summed E-state index contributed by atoms with van der Waals surface area (Å²) >= 11 is 0. The van der Waals surface area contributed by atoms with E-state index in [-0.39, 0.29) is 17.1 Å². The molecule has 0 aromatic carbocycles. The molecule has 0 amide bonds. The predicted octanol–water partition coefficient (Wildman–Crippen LogP) is 1.24. The normalized spacial score (nSPS) is 9.84. The van der Waals surface area contributed by atoms with Gasteiger partial charge in [-0.25, -0.2) is 15.0 Å². The summed E-state index contributed by atoms with van der Waals surface area (Å²) in [7, 11) is -1.30. The molecule has 0 unspecified atom stereocenters. The van der Waals surface area contributed by atoms with Crippen LogP contribution in [0.2, 0.25) is 0 Å². The number of nitriles is 3. The van der Waals surface area contributed by atoms with E-state index in [0.717, 1.165) is 0 Å². The zero-order valence-corrected chi connectivity index (χ0v) is 13.7. The second-order valence-corrected chi connectivity index (χ2v) is 6.86. The molecule has 3 aromatic rings. The minimum Gasteiger partial charge on any atom is -0.237 e. The standard InChI is InChI=1S/C18H9N6P/c19-10-13-4-1-7-16(22-13)25(17-8-2-5-14(11-20)23-17)18-9-3-6-15(12-21)24-18/h1-9H. The molecule has 0 aliphatic heterocycles. The molecular formula is C18H9N6P. The molecule has 0 atom stereocenters. The molecule has 7 heteroatoms. The van der Waals surface area contributed by atoms with Crippen LogP contribution < -0.4 is 16.3 Å². The Kier molecular flexibility index (Phi) is 4.72. The third-order valence-electron chi connectivity index (χ3n) is 3.23. The Balaban J connectivity index is 2.22. The van der Waals surface area contributed by atoms with Gasteiger partial charge in [0.2, 0.25) is 0 Å². The molecular weight excluding hydrogens is 331 g/mol. The van der Waals surface area contributed by atoms with E-state index < -0.39 is 7.92 Å². The summed E-state index contributed by atoms with van der Waals surface area (Å²) in [6, 6.07) is 21.6. The smallest absolute Gasteiger partial charge is 0.141 e. The highest BCUT2D eigenvalue weighted by molar-refractivity contribution is 7.79. The quantitative estimate of drug-likeness (QED) is 0.664. The van der Waals surface area contributed by atoms with Gasteiger partial charge in [0.15, 0.2) is 0 Å². The highest BCUT2D eigenvalue weighted by Crippen LogP contribution is 2.30. The van der Waals surface area contributed by atoms with Crippen molar-refractivity contribution < 1.29 is 0 Å². The second-order valence-electron chi connectivity index (χ2n) is 4.81. The van der Waals surface area contributed by atoms with Crippen molar-refractivity contribution in [2.75, 3.05) is 0 Å². The van der Waals surface area contributed by atoms with Crippen molar-refractivity contribution in [2.24, 2.45) is 0 Å². The lowest BCUT2D eigenvalue weighted by atomic mass is 10.4. The van der Waals surface area contributed by atoms with Crippen molar-refractivity contribution in [2.45, 2.75) is 0 Å². The number of hydrogen-bond acceptors (Lipinski definition) is 6. The highest BCUT2D eigenvalue weighted by Gasteiger charge is 2.22. The van der Waals surface area contributed by atoms with E-state index in [2.05, 4.69) is 15.0 Å². The number of nitrogens with zero attached hydrogens (tertiary/aromatic N) is 6. The first-order valence-electron chi connectivity index (χ1n) is 7.17. The van der Waals surface area contributed by atoms with E-state index in [0.29, 0.717) is 16.3 Å². The van der Waals surface area contributed by atoms with Gasteiger partial charge in [0, 0.05) is 7.92 Å². The van der Waals surface area contributed by atoms with Gasteiger partial charge in [-0.05, 0) is 36.4 Å². The van der Waals surface area contributed by atoms with Gasteiger partial charge in [-0.1, -0.05) is 18.2 Å². The molecule has 0 spiro atoms. The first-order valence-corrected chi connectivity index (χ1v) is 8.51. The molecule has 6 nitrogen and oxygen atoms in total. The van der Waals surface area contributed by atoms with Gasteiger partial charge < -0.3 is 0 Å². The SMILES string of the molecule is N#Cc1cccc(P(c2cccc(C#N)n2)c2cccc(C#N)n2)n1. The maximum atomic E-state index is 9.13. The molecule has 0 aliphatic carbocycles. The Labute approximate surface area is 145 Å². The van der Waals surface area contributed by atoms with E-state index in [1.54, 1.807) is 54.6 Å². The fourth-order valence-electron chi connectivity index (χ4n) is 2.18. The number of hydrogen-bond donors (Lipinski definition) is 0. The van der Waals surface area contributed by atoms with Crippen molar-refractivity contribution >= 4 is 24.2 Å². The van der Waals surface area contributed by atoms with Crippen LogP contribution in [0.4, 0.5) is 0 Å². The summed E-state index contributed by atoms with van der Waals surface area (Å²) in [6.45, 7) is 0. The van der Waals surface area contributed by atoms with Crippen LogP contribution in [0.5, 0.6) is 0 Å². The van der Waals surface area contributed by atoms with Crippen molar-refractivity contribution in [1.82, 2.24) is 15.0 Å². The fraction of sp³-hybridized carbons (Fsp3) is 0. The Morgan fingerprint density at radius 3 is 1.16 bits per heavy atom. The zero-order chi connectivity index (χ0) is 17.6. The topological polar surface area (TPSA) is 110 Å². The molecule has 25 heavy (non-hydrogen) atoms. The third-order valence-corrected chi connectivity index (χ3v) is 5.36. The van der Waals surface area contributed by atoms with E-state index in [1.165, 1.54) is 0 Å². The minimum absolute atomic E-state index is 0.290. The Morgan fingerprint density at radius 2 is 0.880 bits per heavy atom.